The van der Waals surface area contributed by atoms with Gasteiger partial charge in [-0.3, -0.25) is 9.69 Å². The molecule has 0 spiro atoms. The van der Waals surface area contributed by atoms with Crippen LogP contribution in [0, 0.1) is 0 Å². The first kappa shape index (κ1) is 20.7. The lowest BCUT2D eigenvalue weighted by Gasteiger charge is -2.13. The highest BCUT2D eigenvalue weighted by molar-refractivity contribution is 8.26. The third-order valence-corrected chi connectivity index (χ3v) is 5.69. The first-order valence-electron chi connectivity index (χ1n) is 8.91. The van der Waals surface area contributed by atoms with E-state index in [0.717, 1.165) is 11.1 Å². The van der Waals surface area contributed by atoms with Gasteiger partial charge in [0, 0.05) is 11.6 Å². The molecule has 146 valence electrons. The van der Waals surface area contributed by atoms with E-state index in [1.165, 1.54) is 11.8 Å². The number of amides is 1. The van der Waals surface area contributed by atoms with Crippen molar-refractivity contribution < 1.29 is 14.3 Å². The van der Waals surface area contributed by atoms with Gasteiger partial charge in [-0.05, 0) is 55.3 Å². The van der Waals surface area contributed by atoms with Crippen LogP contribution < -0.4 is 9.47 Å². The molecular formula is C21H20ClNO3S2. The average molecular weight is 434 g/mol. The van der Waals surface area contributed by atoms with E-state index in [-0.39, 0.29) is 5.91 Å². The number of rotatable bonds is 7. The molecule has 4 nitrogen and oxygen atoms in total. The zero-order valence-electron chi connectivity index (χ0n) is 15.6. The van der Waals surface area contributed by atoms with E-state index in [9.17, 15) is 4.79 Å². The van der Waals surface area contributed by atoms with Crippen molar-refractivity contribution in [1.29, 1.82) is 0 Å². The fraction of sp³-hybridized carbons (Fsp3) is 0.238. The zero-order chi connectivity index (χ0) is 20.1. The maximum atomic E-state index is 12.4. The van der Waals surface area contributed by atoms with Gasteiger partial charge in [0.15, 0.2) is 11.5 Å². The molecule has 2 aromatic carbocycles. The van der Waals surface area contributed by atoms with Crippen molar-refractivity contribution >= 4 is 51.9 Å². The van der Waals surface area contributed by atoms with Crippen LogP contribution >= 0.6 is 35.6 Å². The summed E-state index contributed by atoms with van der Waals surface area (Å²) in [5, 5.41) is 0.691. The van der Waals surface area contributed by atoms with Crippen LogP contribution in [0.5, 0.6) is 11.5 Å². The molecule has 2 aromatic rings. The first-order chi connectivity index (χ1) is 13.5. The Kier molecular flexibility index (Phi) is 6.99. The minimum absolute atomic E-state index is 0.0569. The molecule has 0 bridgehead atoms. The largest absolute Gasteiger partial charge is 0.490 e. The quantitative estimate of drug-likeness (QED) is 0.423. The van der Waals surface area contributed by atoms with Gasteiger partial charge in [0.25, 0.3) is 5.91 Å². The molecule has 0 atom stereocenters. The molecule has 1 fully saturated rings. The number of thiocarbonyl (C=S) groups is 1. The first-order valence-corrected chi connectivity index (χ1v) is 10.5. The molecule has 1 aliphatic rings. The fourth-order valence-electron chi connectivity index (χ4n) is 2.67. The van der Waals surface area contributed by atoms with E-state index in [0.29, 0.717) is 45.5 Å². The van der Waals surface area contributed by atoms with Crippen molar-refractivity contribution in [3.8, 4) is 11.5 Å². The van der Waals surface area contributed by atoms with Crippen molar-refractivity contribution in [2.75, 3.05) is 13.2 Å². The van der Waals surface area contributed by atoms with Gasteiger partial charge in [-0.1, -0.05) is 53.8 Å². The van der Waals surface area contributed by atoms with Crippen LogP contribution in [0.1, 0.15) is 25.0 Å². The number of thioether (sulfide) groups is 1. The maximum Gasteiger partial charge on any atom is 0.266 e. The number of benzene rings is 2. The van der Waals surface area contributed by atoms with Crippen molar-refractivity contribution in [1.82, 2.24) is 4.90 Å². The second-order valence-electron chi connectivity index (χ2n) is 5.98. The predicted octanol–water partition coefficient (Wildman–Crippen LogP) is 5.54. The fourth-order valence-corrected chi connectivity index (χ4v) is 4.18. The van der Waals surface area contributed by atoms with Crippen LogP contribution in [0.2, 0.25) is 5.02 Å². The lowest BCUT2D eigenvalue weighted by molar-refractivity contribution is -0.121. The molecule has 1 aliphatic heterocycles. The summed E-state index contributed by atoms with van der Waals surface area (Å²) in [7, 11) is 0. The summed E-state index contributed by atoms with van der Waals surface area (Å²) in [6.07, 6.45) is 1.83. The Morgan fingerprint density at radius 2 is 1.86 bits per heavy atom. The highest BCUT2D eigenvalue weighted by atomic mass is 35.5. The summed E-state index contributed by atoms with van der Waals surface area (Å²) in [6.45, 7) is 5.32. The third-order valence-electron chi connectivity index (χ3n) is 4.06. The van der Waals surface area contributed by atoms with Crippen LogP contribution in [0.25, 0.3) is 6.08 Å². The number of ether oxygens (including phenoxy) is 2. The van der Waals surface area contributed by atoms with Gasteiger partial charge in [0.2, 0.25) is 0 Å². The number of halogens is 1. The number of carbonyl (C=O) groups excluding carboxylic acids is 1. The summed E-state index contributed by atoms with van der Waals surface area (Å²) in [5.41, 5.74) is 1.87. The molecule has 1 saturated heterocycles. The minimum Gasteiger partial charge on any atom is -0.490 e. The maximum absolute atomic E-state index is 12.4. The van der Waals surface area contributed by atoms with Crippen molar-refractivity contribution in [2.45, 2.75) is 20.5 Å². The molecule has 1 amide bonds. The molecule has 1 heterocycles. The van der Waals surface area contributed by atoms with Gasteiger partial charge < -0.3 is 9.47 Å². The SMILES string of the molecule is CCOc1cc(/C=C2/SC(=S)N(CC)C2=O)ccc1OCc1ccc(Cl)cc1. The number of hydrogen-bond acceptors (Lipinski definition) is 5. The number of likely N-dealkylation sites (N-methyl/N-ethyl adjacent to an activating group) is 1. The van der Waals surface area contributed by atoms with E-state index in [1.807, 2.05) is 62.4 Å². The van der Waals surface area contributed by atoms with Crippen molar-refractivity contribution in [3.63, 3.8) is 0 Å². The molecule has 7 heteroatoms. The Morgan fingerprint density at radius 3 is 2.50 bits per heavy atom. The van der Waals surface area contributed by atoms with Gasteiger partial charge in [0.1, 0.15) is 10.9 Å². The molecule has 0 aliphatic carbocycles. The third kappa shape index (κ3) is 4.87. The monoisotopic (exact) mass is 433 g/mol. The van der Waals surface area contributed by atoms with Crippen LogP contribution in [-0.2, 0) is 11.4 Å². The second-order valence-corrected chi connectivity index (χ2v) is 8.09. The smallest absolute Gasteiger partial charge is 0.266 e. The lowest BCUT2D eigenvalue weighted by Crippen LogP contribution is -2.27. The van der Waals surface area contributed by atoms with E-state index in [1.54, 1.807) is 4.90 Å². The highest BCUT2D eigenvalue weighted by Gasteiger charge is 2.30. The lowest BCUT2D eigenvalue weighted by atomic mass is 10.1. The van der Waals surface area contributed by atoms with Gasteiger partial charge in [-0.2, -0.15) is 0 Å². The molecular weight excluding hydrogens is 414 g/mol. The highest BCUT2D eigenvalue weighted by Crippen LogP contribution is 2.35. The van der Waals surface area contributed by atoms with Crippen LogP contribution in [0.4, 0.5) is 0 Å². The Morgan fingerprint density at radius 1 is 1.11 bits per heavy atom. The molecule has 0 saturated carbocycles. The van der Waals surface area contributed by atoms with Crippen molar-refractivity contribution in [3.05, 3.63) is 63.5 Å². The van der Waals surface area contributed by atoms with Crippen LogP contribution in [0.3, 0.4) is 0 Å². The Hall–Kier alpha value is -2.02. The minimum atomic E-state index is -0.0569. The molecule has 0 unspecified atom stereocenters. The normalized spacial score (nSPS) is 15.4. The molecule has 0 radical (unpaired) electrons. The predicted molar refractivity (Wildman–Crippen MR) is 119 cm³/mol. The van der Waals surface area contributed by atoms with E-state index in [2.05, 4.69) is 0 Å². The molecule has 28 heavy (non-hydrogen) atoms. The number of hydrogen-bond donors (Lipinski definition) is 0. The summed E-state index contributed by atoms with van der Waals surface area (Å²) in [5.74, 6) is 1.23. The van der Waals surface area contributed by atoms with Crippen molar-refractivity contribution in [2.24, 2.45) is 0 Å². The number of carbonyl (C=O) groups is 1. The van der Waals surface area contributed by atoms with Gasteiger partial charge in [0.05, 0.1) is 11.5 Å². The topological polar surface area (TPSA) is 38.8 Å². The Balaban J connectivity index is 1.79. The van der Waals surface area contributed by atoms with Crippen LogP contribution in [0.15, 0.2) is 47.4 Å². The molecule has 0 N–H and O–H groups in total. The summed E-state index contributed by atoms with van der Waals surface area (Å²) >= 11 is 12.5. The Labute approximate surface area is 179 Å². The van der Waals surface area contributed by atoms with Gasteiger partial charge >= 0.3 is 0 Å². The van der Waals surface area contributed by atoms with Crippen LogP contribution in [-0.4, -0.2) is 28.3 Å². The van der Waals surface area contributed by atoms with Gasteiger partial charge in [-0.25, -0.2) is 0 Å². The molecule has 0 aromatic heterocycles. The van der Waals surface area contributed by atoms with E-state index in [4.69, 9.17) is 33.3 Å². The van der Waals surface area contributed by atoms with E-state index >= 15 is 0 Å². The zero-order valence-corrected chi connectivity index (χ0v) is 18.0. The standard InChI is InChI=1S/C21H20ClNO3S2/c1-3-23-20(24)19(28-21(23)27)12-15-7-10-17(18(11-15)25-4-2)26-13-14-5-8-16(22)9-6-14/h5-12H,3-4,13H2,1-2H3/b19-12+. The van der Waals surface area contributed by atoms with E-state index < -0.39 is 0 Å². The summed E-state index contributed by atoms with van der Waals surface area (Å²) in [6, 6.07) is 13.1. The Bertz CT molecular complexity index is 912. The summed E-state index contributed by atoms with van der Waals surface area (Å²) < 4.78 is 12.2. The molecule has 3 rings (SSSR count). The van der Waals surface area contributed by atoms with Gasteiger partial charge in [-0.15, -0.1) is 0 Å². The summed E-state index contributed by atoms with van der Waals surface area (Å²) in [4.78, 5) is 14.6. The number of nitrogens with zero attached hydrogens (tertiary/aromatic N) is 1. The second kappa shape index (κ2) is 9.45. The average Bonchev–Trinajstić information content (AvgIpc) is 2.95.